The Labute approximate surface area is 133 Å². The summed E-state index contributed by atoms with van der Waals surface area (Å²) in [7, 11) is 3.86. The molecule has 22 heavy (non-hydrogen) atoms. The third-order valence-electron chi connectivity index (χ3n) is 5.11. The predicted molar refractivity (Wildman–Crippen MR) is 87.3 cm³/mol. The first-order valence-corrected chi connectivity index (χ1v) is 8.62. The van der Waals surface area contributed by atoms with E-state index in [2.05, 4.69) is 10.00 Å². The topological polar surface area (TPSA) is 54.3 Å². The summed E-state index contributed by atoms with van der Waals surface area (Å²) in [4.78, 5) is 21.6. The van der Waals surface area contributed by atoms with Gasteiger partial charge in [0.2, 0.25) is 5.91 Å². The molecule has 2 fully saturated rings. The van der Waals surface area contributed by atoms with Gasteiger partial charge in [-0.3, -0.25) is 4.79 Å². The van der Waals surface area contributed by atoms with E-state index in [1.54, 1.807) is 11.3 Å². The first-order valence-electron chi connectivity index (χ1n) is 7.81. The molecule has 0 bridgehead atoms. The molecule has 0 aromatic carbocycles. The van der Waals surface area contributed by atoms with E-state index in [9.17, 15) is 4.79 Å². The lowest BCUT2D eigenvalue weighted by Gasteiger charge is -2.37. The van der Waals surface area contributed by atoms with Crippen molar-refractivity contribution >= 4 is 32.7 Å². The standard InChI is InChI=1S/C15H21N5OS/c1-10-11-12(19(3)17-10)16-14(22-11)20-8-6-15(9-20)5-4-7-18(2)13(15)21/h4-9H2,1-3H3/t15-/m0/s1. The summed E-state index contributed by atoms with van der Waals surface area (Å²) in [6.45, 7) is 4.65. The van der Waals surface area contributed by atoms with Crippen LogP contribution < -0.4 is 4.90 Å². The molecule has 2 aliphatic rings. The van der Waals surface area contributed by atoms with Crippen LogP contribution in [0.5, 0.6) is 0 Å². The Balaban J connectivity index is 1.64. The van der Waals surface area contributed by atoms with Gasteiger partial charge in [-0.15, -0.1) is 0 Å². The van der Waals surface area contributed by atoms with Crippen molar-refractivity contribution in [1.82, 2.24) is 19.7 Å². The van der Waals surface area contributed by atoms with E-state index in [1.165, 1.54) is 0 Å². The van der Waals surface area contributed by atoms with Gasteiger partial charge in [-0.25, -0.2) is 9.67 Å². The monoisotopic (exact) mass is 319 g/mol. The van der Waals surface area contributed by atoms with E-state index in [4.69, 9.17) is 4.98 Å². The summed E-state index contributed by atoms with van der Waals surface area (Å²) in [5.41, 5.74) is 1.80. The van der Waals surface area contributed by atoms with Crippen LogP contribution in [0.25, 0.3) is 10.3 Å². The lowest BCUT2D eigenvalue weighted by molar-refractivity contribution is -0.143. The minimum atomic E-state index is -0.182. The highest BCUT2D eigenvalue weighted by Gasteiger charge is 2.48. The van der Waals surface area contributed by atoms with Crippen molar-refractivity contribution in [3.05, 3.63) is 5.69 Å². The van der Waals surface area contributed by atoms with Gasteiger partial charge in [-0.05, 0) is 26.2 Å². The van der Waals surface area contributed by atoms with Gasteiger partial charge in [0.15, 0.2) is 10.8 Å². The smallest absolute Gasteiger partial charge is 0.230 e. The van der Waals surface area contributed by atoms with E-state index in [-0.39, 0.29) is 5.41 Å². The first kappa shape index (κ1) is 14.0. The van der Waals surface area contributed by atoms with Gasteiger partial charge < -0.3 is 9.80 Å². The van der Waals surface area contributed by atoms with Crippen LogP contribution in [0.15, 0.2) is 0 Å². The van der Waals surface area contributed by atoms with Crippen molar-refractivity contribution in [3.8, 4) is 0 Å². The average Bonchev–Trinajstić information content (AvgIpc) is 3.14. The third kappa shape index (κ3) is 1.87. The average molecular weight is 319 g/mol. The van der Waals surface area contributed by atoms with Crippen LogP contribution in [-0.4, -0.2) is 52.3 Å². The highest BCUT2D eigenvalue weighted by molar-refractivity contribution is 7.22. The molecule has 0 aliphatic carbocycles. The number of aryl methyl sites for hydroxylation is 2. The van der Waals surface area contributed by atoms with E-state index >= 15 is 0 Å². The van der Waals surface area contributed by atoms with Crippen molar-refractivity contribution in [2.45, 2.75) is 26.2 Å². The maximum Gasteiger partial charge on any atom is 0.230 e. The number of rotatable bonds is 1. The van der Waals surface area contributed by atoms with Crippen LogP contribution in [0, 0.1) is 12.3 Å². The van der Waals surface area contributed by atoms with Crippen molar-refractivity contribution < 1.29 is 4.79 Å². The third-order valence-corrected chi connectivity index (χ3v) is 6.32. The highest BCUT2D eigenvalue weighted by Crippen LogP contribution is 2.43. The fourth-order valence-corrected chi connectivity index (χ4v) is 4.95. The normalized spacial score (nSPS) is 25.9. The Morgan fingerprint density at radius 1 is 1.23 bits per heavy atom. The van der Waals surface area contributed by atoms with Gasteiger partial charge >= 0.3 is 0 Å². The van der Waals surface area contributed by atoms with Crippen molar-refractivity contribution in [3.63, 3.8) is 0 Å². The summed E-state index contributed by atoms with van der Waals surface area (Å²) in [6, 6.07) is 0. The Kier molecular flexibility index (Phi) is 2.98. The van der Waals surface area contributed by atoms with Crippen LogP contribution in [0.1, 0.15) is 25.0 Å². The molecule has 1 amide bonds. The number of carbonyl (C=O) groups is 1. The zero-order valence-electron chi connectivity index (χ0n) is 13.3. The number of amides is 1. The minimum absolute atomic E-state index is 0.182. The zero-order valence-corrected chi connectivity index (χ0v) is 14.1. The van der Waals surface area contributed by atoms with Gasteiger partial charge in [-0.1, -0.05) is 11.3 Å². The van der Waals surface area contributed by atoms with Gasteiger partial charge in [0.05, 0.1) is 15.8 Å². The molecule has 118 valence electrons. The zero-order chi connectivity index (χ0) is 15.5. The number of fused-ring (bicyclic) bond motifs is 1. The Morgan fingerprint density at radius 2 is 2.05 bits per heavy atom. The molecule has 7 heteroatoms. The number of nitrogens with zero attached hydrogens (tertiary/aromatic N) is 5. The molecule has 6 nitrogen and oxygen atoms in total. The fraction of sp³-hybridized carbons (Fsp3) is 0.667. The molecule has 0 unspecified atom stereocenters. The maximum absolute atomic E-state index is 12.6. The van der Waals surface area contributed by atoms with Gasteiger partial charge in [-0.2, -0.15) is 5.10 Å². The maximum atomic E-state index is 12.6. The number of piperidine rings is 1. The molecule has 0 N–H and O–H groups in total. The van der Waals surface area contributed by atoms with Crippen molar-refractivity contribution in [2.24, 2.45) is 12.5 Å². The second-order valence-corrected chi connectivity index (χ2v) is 7.62. The molecule has 4 heterocycles. The summed E-state index contributed by atoms with van der Waals surface area (Å²) < 4.78 is 3.00. The Bertz CT molecular complexity index is 716. The molecule has 1 spiro atoms. The quantitative estimate of drug-likeness (QED) is 0.804. The summed E-state index contributed by atoms with van der Waals surface area (Å²) in [5.74, 6) is 0.320. The lowest BCUT2D eigenvalue weighted by Crippen LogP contribution is -2.48. The van der Waals surface area contributed by atoms with Crippen LogP contribution in [0.4, 0.5) is 5.13 Å². The molecule has 1 atom stereocenters. The van der Waals surface area contributed by atoms with Gasteiger partial charge in [0.25, 0.3) is 0 Å². The molecule has 4 rings (SSSR count). The minimum Gasteiger partial charge on any atom is -0.347 e. The summed E-state index contributed by atoms with van der Waals surface area (Å²) >= 11 is 1.70. The molecular formula is C15H21N5OS. The van der Waals surface area contributed by atoms with Crippen molar-refractivity contribution in [2.75, 3.05) is 31.6 Å². The number of thiazole rings is 1. The number of aromatic nitrogens is 3. The molecule has 0 radical (unpaired) electrons. The Hall–Kier alpha value is -1.63. The van der Waals surface area contributed by atoms with Crippen LogP contribution in [-0.2, 0) is 11.8 Å². The molecular weight excluding hydrogens is 298 g/mol. The first-order chi connectivity index (χ1) is 10.5. The molecule has 2 aromatic heterocycles. The SMILES string of the molecule is Cc1nn(C)c2nc(N3CC[C@@]4(CCCN(C)C4=O)C3)sc12. The molecule has 2 saturated heterocycles. The van der Waals surface area contributed by atoms with E-state index in [0.717, 1.165) is 60.1 Å². The number of anilines is 1. The van der Waals surface area contributed by atoms with Crippen LogP contribution >= 0.6 is 11.3 Å². The number of hydrogen-bond donors (Lipinski definition) is 0. The van der Waals surface area contributed by atoms with E-state index in [1.807, 2.05) is 30.6 Å². The summed E-state index contributed by atoms with van der Waals surface area (Å²) in [6.07, 6.45) is 3.07. The summed E-state index contributed by atoms with van der Waals surface area (Å²) in [5, 5.41) is 5.44. The van der Waals surface area contributed by atoms with Crippen molar-refractivity contribution in [1.29, 1.82) is 0 Å². The van der Waals surface area contributed by atoms with Gasteiger partial charge in [0.1, 0.15) is 0 Å². The highest BCUT2D eigenvalue weighted by atomic mass is 32.1. The van der Waals surface area contributed by atoms with Gasteiger partial charge in [0, 0.05) is 33.7 Å². The number of carbonyl (C=O) groups excluding carboxylic acids is 1. The van der Waals surface area contributed by atoms with E-state index in [0.29, 0.717) is 5.91 Å². The van der Waals surface area contributed by atoms with Crippen LogP contribution in [0.3, 0.4) is 0 Å². The van der Waals surface area contributed by atoms with E-state index < -0.39 is 0 Å². The van der Waals surface area contributed by atoms with Crippen LogP contribution in [0.2, 0.25) is 0 Å². The number of likely N-dealkylation sites (tertiary alicyclic amines) is 1. The second kappa shape index (κ2) is 4.68. The lowest BCUT2D eigenvalue weighted by atomic mass is 9.78. The number of hydrogen-bond acceptors (Lipinski definition) is 5. The predicted octanol–water partition coefficient (Wildman–Crippen LogP) is 1.79. The second-order valence-electron chi connectivity index (χ2n) is 6.64. The fourth-order valence-electron chi connectivity index (χ4n) is 3.89. The largest absolute Gasteiger partial charge is 0.347 e. The Morgan fingerprint density at radius 3 is 2.82 bits per heavy atom. The molecule has 2 aliphatic heterocycles. The molecule has 0 saturated carbocycles. The molecule has 2 aromatic rings.